The quantitative estimate of drug-likeness (QED) is 0.492. The number of halogens is 6. The van der Waals surface area contributed by atoms with Crippen molar-refractivity contribution in [3.05, 3.63) is 46.5 Å². The number of allylic oxidation sites excluding steroid dienone is 1. The summed E-state index contributed by atoms with van der Waals surface area (Å²) in [6.45, 7) is 3.36. The molecular weight excluding hydrogens is 322 g/mol. The highest BCUT2D eigenvalue weighted by Crippen LogP contribution is 2.38. The van der Waals surface area contributed by atoms with E-state index in [4.69, 9.17) is 4.74 Å². The van der Waals surface area contributed by atoms with Crippen LogP contribution in [0.1, 0.15) is 49.5 Å². The molecule has 2 rings (SSSR count). The molecule has 1 aliphatic rings. The Bertz CT molecular complexity index is 567. The number of alkyl halides is 6. The molecule has 128 valence electrons. The maximum absolute atomic E-state index is 12.8. The highest BCUT2D eigenvalue weighted by Gasteiger charge is 2.37. The van der Waals surface area contributed by atoms with Crippen LogP contribution in [0.2, 0.25) is 0 Å². The topological polar surface area (TPSA) is 9.23 Å². The zero-order valence-electron chi connectivity index (χ0n) is 12.6. The molecule has 1 unspecified atom stereocenters. The van der Waals surface area contributed by atoms with E-state index in [1.807, 2.05) is 13.0 Å². The van der Waals surface area contributed by atoms with Gasteiger partial charge in [-0.1, -0.05) is 11.6 Å². The van der Waals surface area contributed by atoms with E-state index in [1.165, 1.54) is 6.92 Å². The van der Waals surface area contributed by atoms with Crippen LogP contribution in [0.25, 0.3) is 0 Å². The summed E-state index contributed by atoms with van der Waals surface area (Å²) in [7, 11) is 0. The summed E-state index contributed by atoms with van der Waals surface area (Å²) in [6.07, 6.45) is -7.51. The molecule has 0 N–H and O–H groups in total. The van der Waals surface area contributed by atoms with Crippen molar-refractivity contribution >= 4 is 0 Å². The first-order valence-corrected chi connectivity index (χ1v) is 7.09. The zero-order chi connectivity index (χ0) is 17.4. The first-order chi connectivity index (χ1) is 10.5. The number of benzene rings is 1. The van der Waals surface area contributed by atoms with Gasteiger partial charge in [-0.3, -0.25) is 0 Å². The van der Waals surface area contributed by atoms with Gasteiger partial charge in [-0.25, -0.2) is 0 Å². The van der Waals surface area contributed by atoms with E-state index in [0.29, 0.717) is 18.6 Å². The third-order valence-corrected chi connectivity index (χ3v) is 3.75. The monoisotopic (exact) mass is 338 g/mol. The maximum Gasteiger partial charge on any atom is 0.416 e. The second-order valence-electron chi connectivity index (χ2n) is 5.71. The molecule has 1 aliphatic carbocycles. The maximum atomic E-state index is 12.8. The normalized spacial score (nSPS) is 20.5. The first-order valence-electron chi connectivity index (χ1n) is 7.09. The summed E-state index contributed by atoms with van der Waals surface area (Å²) in [5.74, 6) is 0. The van der Waals surface area contributed by atoms with Crippen LogP contribution < -0.4 is 0 Å². The molecule has 0 heterocycles. The van der Waals surface area contributed by atoms with Crippen LogP contribution in [0.15, 0.2) is 29.8 Å². The van der Waals surface area contributed by atoms with E-state index in [9.17, 15) is 26.3 Å². The molecule has 0 saturated carbocycles. The van der Waals surface area contributed by atoms with Crippen LogP contribution in [-0.2, 0) is 17.1 Å². The fourth-order valence-electron chi connectivity index (χ4n) is 2.52. The molecule has 1 aromatic rings. The van der Waals surface area contributed by atoms with Crippen LogP contribution in [0.3, 0.4) is 0 Å². The van der Waals surface area contributed by atoms with Crippen LogP contribution in [0, 0.1) is 0 Å². The third-order valence-electron chi connectivity index (χ3n) is 3.75. The predicted octanol–water partition coefficient (Wildman–Crippen LogP) is 5.91. The van der Waals surface area contributed by atoms with Crippen molar-refractivity contribution in [2.45, 2.75) is 51.2 Å². The van der Waals surface area contributed by atoms with E-state index in [-0.39, 0.29) is 17.7 Å². The van der Waals surface area contributed by atoms with E-state index < -0.39 is 29.6 Å². The van der Waals surface area contributed by atoms with Gasteiger partial charge in [0, 0.05) is 0 Å². The molecule has 0 spiro atoms. The van der Waals surface area contributed by atoms with Crippen LogP contribution in [0.5, 0.6) is 0 Å². The van der Waals surface area contributed by atoms with Crippen molar-refractivity contribution in [1.82, 2.24) is 0 Å². The minimum absolute atomic E-state index is 0.121. The Labute approximate surface area is 129 Å². The standard InChI is InChI=1S/C16H16F6O/c1-9-3-4-14(5-9)23-10(2)11-6-12(15(17,18)19)8-13(7-11)16(20,21)22/h5-8,10,14H,3-4H2,1-2H3/t10?,14-/m0/s1. The molecular formula is C16H16F6O. The Morgan fingerprint density at radius 3 is 1.91 bits per heavy atom. The summed E-state index contributed by atoms with van der Waals surface area (Å²) in [5, 5.41) is 0. The van der Waals surface area contributed by atoms with Crippen molar-refractivity contribution in [3.8, 4) is 0 Å². The summed E-state index contributed by atoms with van der Waals surface area (Å²) in [5.41, 5.74) is -1.68. The van der Waals surface area contributed by atoms with Gasteiger partial charge in [-0.2, -0.15) is 26.3 Å². The van der Waals surface area contributed by atoms with Crippen LogP contribution >= 0.6 is 0 Å². The molecule has 0 aliphatic heterocycles. The Hall–Kier alpha value is -1.50. The molecule has 0 bridgehead atoms. The molecule has 1 nitrogen and oxygen atoms in total. The second-order valence-corrected chi connectivity index (χ2v) is 5.71. The lowest BCUT2D eigenvalue weighted by Crippen LogP contribution is -2.15. The van der Waals surface area contributed by atoms with Crippen LogP contribution in [-0.4, -0.2) is 6.10 Å². The smallest absolute Gasteiger partial charge is 0.367 e. The first kappa shape index (κ1) is 17.8. The lowest BCUT2D eigenvalue weighted by atomic mass is 10.0. The van der Waals surface area contributed by atoms with Crippen molar-refractivity contribution < 1.29 is 31.1 Å². The van der Waals surface area contributed by atoms with Gasteiger partial charge in [0.25, 0.3) is 0 Å². The van der Waals surface area contributed by atoms with Gasteiger partial charge in [0.1, 0.15) is 0 Å². The van der Waals surface area contributed by atoms with E-state index >= 15 is 0 Å². The summed E-state index contributed by atoms with van der Waals surface area (Å²) in [4.78, 5) is 0. The molecule has 2 atom stereocenters. The lowest BCUT2D eigenvalue weighted by Gasteiger charge is -2.20. The Balaban J connectivity index is 2.33. The van der Waals surface area contributed by atoms with Crippen molar-refractivity contribution in [2.75, 3.05) is 0 Å². The SMILES string of the molecule is CC1=C[C@@H](OC(C)c2cc(C(F)(F)F)cc(C(F)(F)F)c2)CC1. The average Bonchev–Trinajstić information content (AvgIpc) is 2.81. The number of rotatable bonds is 3. The van der Waals surface area contributed by atoms with Crippen molar-refractivity contribution in [1.29, 1.82) is 0 Å². The van der Waals surface area contributed by atoms with Gasteiger partial charge in [-0.05, 0) is 50.5 Å². The summed E-state index contributed by atoms with van der Waals surface area (Å²) >= 11 is 0. The number of hydrogen-bond acceptors (Lipinski definition) is 1. The Kier molecular flexibility index (Phi) is 4.80. The average molecular weight is 338 g/mol. The third kappa shape index (κ3) is 4.50. The van der Waals surface area contributed by atoms with Gasteiger partial charge in [0.15, 0.2) is 0 Å². The molecule has 7 heteroatoms. The largest absolute Gasteiger partial charge is 0.416 e. The van der Waals surface area contributed by atoms with Gasteiger partial charge in [0.05, 0.1) is 23.3 Å². The second kappa shape index (κ2) is 6.19. The van der Waals surface area contributed by atoms with Gasteiger partial charge >= 0.3 is 12.4 Å². The molecule has 23 heavy (non-hydrogen) atoms. The Morgan fingerprint density at radius 1 is 1.00 bits per heavy atom. The van der Waals surface area contributed by atoms with E-state index in [0.717, 1.165) is 12.0 Å². The highest BCUT2D eigenvalue weighted by atomic mass is 19.4. The minimum atomic E-state index is -4.85. The molecule has 0 radical (unpaired) electrons. The van der Waals surface area contributed by atoms with Gasteiger partial charge in [0.2, 0.25) is 0 Å². The molecule has 0 fully saturated rings. The highest BCUT2D eigenvalue weighted by molar-refractivity contribution is 5.34. The predicted molar refractivity (Wildman–Crippen MR) is 72.7 cm³/mol. The van der Waals surface area contributed by atoms with Gasteiger partial charge in [-0.15, -0.1) is 0 Å². The van der Waals surface area contributed by atoms with E-state index in [1.54, 1.807) is 0 Å². The zero-order valence-corrected chi connectivity index (χ0v) is 12.6. The fourth-order valence-corrected chi connectivity index (χ4v) is 2.52. The minimum Gasteiger partial charge on any atom is -0.367 e. The van der Waals surface area contributed by atoms with Crippen LogP contribution in [0.4, 0.5) is 26.3 Å². The summed E-state index contributed by atoms with van der Waals surface area (Å²) in [6, 6.07) is 1.55. The number of hydrogen-bond donors (Lipinski definition) is 0. The molecule has 0 aromatic heterocycles. The molecule has 0 amide bonds. The molecule has 0 saturated heterocycles. The van der Waals surface area contributed by atoms with E-state index in [2.05, 4.69) is 0 Å². The summed E-state index contributed by atoms with van der Waals surface area (Å²) < 4.78 is 82.6. The lowest BCUT2D eigenvalue weighted by molar-refractivity contribution is -0.143. The fraction of sp³-hybridized carbons (Fsp3) is 0.500. The van der Waals surface area contributed by atoms with Crippen molar-refractivity contribution in [2.24, 2.45) is 0 Å². The molecule has 1 aromatic carbocycles. The van der Waals surface area contributed by atoms with Crippen molar-refractivity contribution in [3.63, 3.8) is 0 Å². The Morgan fingerprint density at radius 2 is 1.52 bits per heavy atom. The van der Waals surface area contributed by atoms with Gasteiger partial charge < -0.3 is 4.74 Å². The number of ether oxygens (including phenoxy) is 1.